The Morgan fingerprint density at radius 1 is 1.14 bits per heavy atom. The molecule has 1 aromatic heterocycles. The van der Waals surface area contributed by atoms with Crippen molar-refractivity contribution in [2.75, 3.05) is 6.61 Å². The molecule has 2 heterocycles. The summed E-state index contributed by atoms with van der Waals surface area (Å²) < 4.78 is 18.1. The number of hydrogen-bond acceptors (Lipinski definition) is 5. The molecule has 2 aromatic carbocycles. The highest BCUT2D eigenvalue weighted by molar-refractivity contribution is 5.98. The van der Waals surface area contributed by atoms with Crippen molar-refractivity contribution < 1.29 is 18.7 Å². The fourth-order valence-corrected chi connectivity index (χ4v) is 3.21. The number of cyclic esters (lactones) is 1. The van der Waals surface area contributed by atoms with Gasteiger partial charge in [-0.1, -0.05) is 24.3 Å². The van der Waals surface area contributed by atoms with Gasteiger partial charge < -0.3 is 4.74 Å². The van der Waals surface area contributed by atoms with Crippen molar-refractivity contribution in [3.8, 4) is 11.1 Å². The van der Waals surface area contributed by atoms with Crippen LogP contribution in [0.1, 0.15) is 11.3 Å². The molecule has 1 aliphatic rings. The number of hydrogen-bond donors (Lipinski definition) is 0. The lowest BCUT2D eigenvalue weighted by Crippen LogP contribution is -2.28. The van der Waals surface area contributed by atoms with Gasteiger partial charge >= 0.3 is 6.09 Å². The Morgan fingerprint density at radius 3 is 2.61 bits per heavy atom. The van der Waals surface area contributed by atoms with Gasteiger partial charge in [0.05, 0.1) is 24.3 Å². The molecule has 1 aliphatic heterocycles. The molecule has 28 heavy (non-hydrogen) atoms. The number of rotatable bonds is 5. The van der Waals surface area contributed by atoms with Crippen LogP contribution < -0.4 is 0 Å². The standard InChI is InChI=1S/C21H16FN3O3/c1-23-10-16-9-18(14-3-5-15(22)6-4-14)17-7-2-13(8-19(17)24-16)11-25-20(26)12-28-21(25)27/h2-9H,1,10-12H2. The molecule has 0 N–H and O–H groups in total. The summed E-state index contributed by atoms with van der Waals surface area (Å²) in [5.41, 5.74) is 3.91. The molecule has 1 saturated heterocycles. The van der Waals surface area contributed by atoms with Gasteiger partial charge in [0, 0.05) is 5.39 Å². The van der Waals surface area contributed by atoms with Crippen LogP contribution in [-0.4, -0.2) is 35.2 Å². The van der Waals surface area contributed by atoms with E-state index in [0.29, 0.717) is 12.1 Å². The Hall–Kier alpha value is -3.61. The molecule has 0 unspecified atom stereocenters. The molecule has 1 fully saturated rings. The van der Waals surface area contributed by atoms with Crippen molar-refractivity contribution >= 4 is 29.6 Å². The predicted molar refractivity (Wildman–Crippen MR) is 102 cm³/mol. The second-order valence-corrected chi connectivity index (χ2v) is 6.44. The predicted octanol–water partition coefficient (Wildman–Crippen LogP) is 3.72. The first-order valence-corrected chi connectivity index (χ1v) is 8.63. The summed E-state index contributed by atoms with van der Waals surface area (Å²) in [6.07, 6.45) is -0.644. The monoisotopic (exact) mass is 377 g/mol. The van der Waals surface area contributed by atoms with Crippen LogP contribution in [0.25, 0.3) is 22.0 Å². The average molecular weight is 377 g/mol. The summed E-state index contributed by atoms with van der Waals surface area (Å²) in [7, 11) is 0. The summed E-state index contributed by atoms with van der Waals surface area (Å²) in [4.78, 5) is 33.0. The second kappa shape index (κ2) is 7.19. The first-order chi connectivity index (χ1) is 13.5. The molecule has 4 rings (SSSR count). The lowest BCUT2D eigenvalue weighted by molar-refractivity contribution is -0.126. The Morgan fingerprint density at radius 2 is 1.93 bits per heavy atom. The van der Waals surface area contributed by atoms with Gasteiger partial charge in [0.1, 0.15) is 5.82 Å². The van der Waals surface area contributed by atoms with Crippen LogP contribution in [0, 0.1) is 5.82 Å². The van der Waals surface area contributed by atoms with Crippen LogP contribution in [-0.2, 0) is 22.6 Å². The van der Waals surface area contributed by atoms with Gasteiger partial charge in [-0.3, -0.25) is 14.8 Å². The third-order valence-electron chi connectivity index (χ3n) is 4.54. The van der Waals surface area contributed by atoms with E-state index in [1.807, 2.05) is 24.3 Å². The maximum Gasteiger partial charge on any atom is 0.417 e. The fraction of sp³-hybridized carbons (Fsp3) is 0.143. The smallest absolute Gasteiger partial charge is 0.417 e. The van der Waals surface area contributed by atoms with E-state index < -0.39 is 6.09 Å². The molecule has 7 heteroatoms. The van der Waals surface area contributed by atoms with Gasteiger partial charge in [0.25, 0.3) is 5.91 Å². The van der Waals surface area contributed by atoms with Crippen LogP contribution in [0.15, 0.2) is 53.5 Å². The van der Waals surface area contributed by atoms with Crippen molar-refractivity contribution in [1.82, 2.24) is 9.88 Å². The number of halogens is 1. The van der Waals surface area contributed by atoms with Crippen LogP contribution >= 0.6 is 0 Å². The van der Waals surface area contributed by atoms with Gasteiger partial charge in [0.2, 0.25) is 0 Å². The molecule has 0 spiro atoms. The highest BCUT2D eigenvalue weighted by Crippen LogP contribution is 2.30. The maximum atomic E-state index is 13.3. The van der Waals surface area contributed by atoms with Crippen molar-refractivity contribution in [3.05, 3.63) is 65.6 Å². The zero-order chi connectivity index (χ0) is 19.7. The highest BCUT2D eigenvalue weighted by atomic mass is 19.1. The number of imide groups is 1. The van der Waals surface area contributed by atoms with Gasteiger partial charge in [-0.25, -0.2) is 14.1 Å². The van der Waals surface area contributed by atoms with Crippen LogP contribution in [0.5, 0.6) is 0 Å². The molecule has 0 aliphatic carbocycles. The third-order valence-corrected chi connectivity index (χ3v) is 4.54. The van der Waals surface area contributed by atoms with Crippen molar-refractivity contribution in [2.45, 2.75) is 13.1 Å². The number of aromatic nitrogens is 1. The van der Waals surface area contributed by atoms with E-state index in [-0.39, 0.29) is 24.9 Å². The van der Waals surface area contributed by atoms with Crippen LogP contribution in [0.2, 0.25) is 0 Å². The molecule has 0 atom stereocenters. The van der Waals surface area contributed by atoms with E-state index in [2.05, 4.69) is 16.7 Å². The normalized spacial score (nSPS) is 13.8. The summed E-state index contributed by atoms with van der Waals surface area (Å²) in [5.74, 6) is -0.672. The number of amides is 2. The maximum absolute atomic E-state index is 13.3. The zero-order valence-electron chi connectivity index (χ0n) is 14.9. The van der Waals surface area contributed by atoms with E-state index in [1.54, 1.807) is 12.1 Å². The average Bonchev–Trinajstić information content (AvgIpc) is 3.00. The van der Waals surface area contributed by atoms with Gasteiger partial charge in [0.15, 0.2) is 6.61 Å². The summed E-state index contributed by atoms with van der Waals surface area (Å²) in [6, 6.07) is 13.7. The molecule has 140 valence electrons. The lowest BCUT2D eigenvalue weighted by Gasteiger charge is -2.13. The largest absolute Gasteiger partial charge is 0.439 e. The van der Waals surface area contributed by atoms with Crippen molar-refractivity contribution in [2.24, 2.45) is 4.99 Å². The van der Waals surface area contributed by atoms with Gasteiger partial charge in [-0.05, 0) is 47.7 Å². The van der Waals surface area contributed by atoms with Crippen LogP contribution in [0.4, 0.5) is 9.18 Å². The number of benzene rings is 2. The van der Waals surface area contributed by atoms with E-state index in [0.717, 1.165) is 32.7 Å². The minimum Gasteiger partial charge on any atom is -0.439 e. The molecular formula is C21H16FN3O3. The Kier molecular flexibility index (Phi) is 4.57. The molecule has 2 amide bonds. The summed E-state index contributed by atoms with van der Waals surface area (Å²) in [6.45, 7) is 3.74. The zero-order valence-corrected chi connectivity index (χ0v) is 14.9. The quantitative estimate of drug-likeness (QED) is 0.636. The van der Waals surface area contributed by atoms with Crippen LogP contribution in [0.3, 0.4) is 0 Å². The highest BCUT2D eigenvalue weighted by Gasteiger charge is 2.30. The Bertz CT molecular complexity index is 1080. The molecule has 0 radical (unpaired) electrons. The van der Waals surface area contributed by atoms with E-state index in [9.17, 15) is 14.0 Å². The topological polar surface area (TPSA) is 71.9 Å². The molecule has 6 nitrogen and oxygen atoms in total. The van der Waals surface area contributed by atoms with Gasteiger partial charge in [-0.2, -0.15) is 0 Å². The Labute approximate surface area is 160 Å². The molecule has 0 saturated carbocycles. The Balaban J connectivity index is 1.79. The minimum absolute atomic E-state index is 0.116. The first-order valence-electron chi connectivity index (χ1n) is 8.63. The molecule has 3 aromatic rings. The number of carbonyl (C=O) groups excluding carboxylic acids is 2. The van der Waals surface area contributed by atoms with E-state index >= 15 is 0 Å². The number of aliphatic imine (C=N–C) groups is 1. The molecule has 0 bridgehead atoms. The summed E-state index contributed by atoms with van der Waals surface area (Å²) >= 11 is 0. The molecular weight excluding hydrogens is 361 g/mol. The van der Waals surface area contributed by atoms with E-state index in [4.69, 9.17) is 4.74 Å². The fourth-order valence-electron chi connectivity index (χ4n) is 3.21. The number of carbonyl (C=O) groups is 2. The lowest BCUT2D eigenvalue weighted by atomic mass is 9.98. The van der Waals surface area contributed by atoms with E-state index in [1.165, 1.54) is 12.1 Å². The van der Waals surface area contributed by atoms with Crippen molar-refractivity contribution in [3.63, 3.8) is 0 Å². The SMILES string of the molecule is C=NCc1cc(-c2ccc(F)cc2)c2ccc(CN3C(=O)COC3=O)cc2n1. The number of fused-ring (bicyclic) bond motifs is 1. The third kappa shape index (κ3) is 3.34. The summed E-state index contributed by atoms with van der Waals surface area (Å²) in [5, 5.41) is 0.874. The number of pyridine rings is 1. The van der Waals surface area contributed by atoms with Crippen molar-refractivity contribution in [1.29, 1.82) is 0 Å². The second-order valence-electron chi connectivity index (χ2n) is 6.44. The number of nitrogens with zero attached hydrogens (tertiary/aromatic N) is 3. The number of ether oxygens (including phenoxy) is 1. The van der Waals surface area contributed by atoms with Gasteiger partial charge in [-0.15, -0.1) is 0 Å². The first kappa shape index (κ1) is 17.8. The minimum atomic E-state index is -0.644.